The molecule has 346 valence electrons. The van der Waals surface area contributed by atoms with Crippen molar-refractivity contribution in [1.29, 1.82) is 0 Å². The third-order valence-electron chi connectivity index (χ3n) is 12.6. The Morgan fingerprint density at radius 1 is 0.969 bits per heavy atom. The van der Waals surface area contributed by atoms with Crippen molar-refractivity contribution in [2.45, 2.75) is 80.3 Å². The molecule has 2 N–H and O–H groups in total. The summed E-state index contributed by atoms with van der Waals surface area (Å²) in [6.45, 7) is 5.64. The summed E-state index contributed by atoms with van der Waals surface area (Å²) in [5.41, 5.74) is 2.40. The number of aromatic nitrogens is 1. The van der Waals surface area contributed by atoms with E-state index in [0.717, 1.165) is 39.4 Å². The quantitative estimate of drug-likeness (QED) is 0.0668. The molecule has 0 aliphatic carbocycles. The van der Waals surface area contributed by atoms with Gasteiger partial charge in [0.2, 0.25) is 5.91 Å². The number of alkyl halides is 1. The van der Waals surface area contributed by atoms with Crippen molar-refractivity contribution < 1.29 is 43.6 Å². The molecule has 4 aliphatic heterocycles. The molecule has 0 bridgehead atoms. The van der Waals surface area contributed by atoms with Gasteiger partial charge >= 0.3 is 12.2 Å². The van der Waals surface area contributed by atoms with Crippen molar-refractivity contribution in [2.24, 2.45) is 0 Å². The summed E-state index contributed by atoms with van der Waals surface area (Å²) in [7, 11) is 6.65. The van der Waals surface area contributed by atoms with E-state index in [1.165, 1.54) is 17.9 Å². The van der Waals surface area contributed by atoms with Crippen LogP contribution in [0.4, 0.5) is 21.0 Å². The number of ether oxygens (including phenoxy) is 3. The van der Waals surface area contributed by atoms with Crippen LogP contribution in [-0.4, -0.2) is 137 Å². The molecule has 0 saturated carbocycles. The molecule has 1 aromatic heterocycles. The Kier molecular flexibility index (Phi) is 14.8. The molecule has 0 spiro atoms. The maximum absolute atomic E-state index is 14.4. The standard InChI is InChI=1S/C47H55ClN6O9S2/c1-29(64-65-38-15-8-9-17-49-38)24-30-25-36-41(45(57)52-18-11-14-34(52)44(56)54(36)46(58)59)43(42(30)61-3)62-23-10-4-5-16-39(55)53-28-31(27-48)40-33-13-7-6-12-32(33)37(26-35(40)53)63-47(60)51-21-19-50(2)20-22-51/h6-9,12-13,15,17,25-26,29,31,34,44,56H,4-5,10-11,14,16,18-24,27-28H2,1-3H3,(H,58,59). The average Bonchev–Trinajstić information content (AvgIpc) is 3.94. The molecular formula is C47H55ClN6O9S2. The first-order valence-corrected chi connectivity index (χ1v) is 24.9. The number of anilines is 2. The number of amides is 4. The second-order valence-electron chi connectivity index (χ2n) is 17.0. The molecule has 15 nitrogen and oxygen atoms in total. The lowest BCUT2D eigenvalue weighted by Crippen LogP contribution is -2.50. The Morgan fingerprint density at radius 3 is 2.46 bits per heavy atom. The molecule has 18 heteroatoms. The minimum atomic E-state index is -1.47. The van der Waals surface area contributed by atoms with E-state index in [-0.39, 0.29) is 47.1 Å². The number of piperazine rings is 1. The number of aliphatic hydroxyl groups excluding tert-OH is 1. The van der Waals surface area contributed by atoms with Gasteiger partial charge in [0.15, 0.2) is 17.7 Å². The zero-order chi connectivity index (χ0) is 45.8. The molecule has 4 aliphatic rings. The van der Waals surface area contributed by atoms with Crippen LogP contribution in [0.15, 0.2) is 65.8 Å². The Bertz CT molecular complexity index is 2410. The molecule has 2 saturated heterocycles. The van der Waals surface area contributed by atoms with E-state index >= 15 is 0 Å². The molecular weight excluding hydrogens is 892 g/mol. The first-order valence-electron chi connectivity index (χ1n) is 22.2. The number of aliphatic hydroxyl groups is 1. The topological polar surface area (TPSA) is 166 Å². The number of hydrogen-bond donors (Lipinski definition) is 2. The zero-order valence-corrected chi connectivity index (χ0v) is 39.2. The number of rotatable bonds is 15. The van der Waals surface area contributed by atoms with Crippen LogP contribution in [0.25, 0.3) is 10.8 Å². The number of nitrogens with zero attached hydrogens (tertiary/aromatic N) is 6. The van der Waals surface area contributed by atoms with Gasteiger partial charge in [-0.15, -0.1) is 11.6 Å². The third-order valence-corrected chi connectivity index (χ3v) is 15.8. The molecule has 65 heavy (non-hydrogen) atoms. The van der Waals surface area contributed by atoms with E-state index in [1.54, 1.807) is 37.8 Å². The summed E-state index contributed by atoms with van der Waals surface area (Å²) in [6.07, 6.45) is 1.91. The van der Waals surface area contributed by atoms with Gasteiger partial charge in [-0.05, 0) is 85.5 Å². The van der Waals surface area contributed by atoms with E-state index in [9.17, 15) is 29.4 Å². The van der Waals surface area contributed by atoms with Crippen molar-refractivity contribution in [1.82, 2.24) is 19.7 Å². The number of carboxylic acid groups (broad SMARTS) is 1. The number of benzene rings is 3. The summed E-state index contributed by atoms with van der Waals surface area (Å²) in [5, 5.41) is 24.5. The smallest absolute Gasteiger partial charge is 0.415 e. The number of likely N-dealkylation sites (N-methyl/N-ethyl adjacent to an activating group) is 1. The van der Waals surface area contributed by atoms with E-state index in [2.05, 4.69) is 9.88 Å². The van der Waals surface area contributed by atoms with Crippen LogP contribution in [0.2, 0.25) is 0 Å². The summed E-state index contributed by atoms with van der Waals surface area (Å²) in [5.74, 6) is 0.602. The second-order valence-corrected chi connectivity index (χ2v) is 19.9. The van der Waals surface area contributed by atoms with Crippen molar-refractivity contribution in [2.75, 3.05) is 75.7 Å². The highest BCUT2D eigenvalue weighted by Crippen LogP contribution is 2.48. The Labute approximate surface area is 391 Å². The zero-order valence-electron chi connectivity index (χ0n) is 36.8. The van der Waals surface area contributed by atoms with E-state index < -0.39 is 30.4 Å². The summed E-state index contributed by atoms with van der Waals surface area (Å²) < 4.78 is 18.5. The van der Waals surface area contributed by atoms with Gasteiger partial charge in [-0.25, -0.2) is 19.5 Å². The van der Waals surface area contributed by atoms with Crippen molar-refractivity contribution >= 4 is 79.3 Å². The lowest BCUT2D eigenvalue weighted by molar-refractivity contribution is -0.118. The first kappa shape index (κ1) is 46.6. The number of carbonyl (C=O) groups is 4. The molecule has 4 atom stereocenters. The number of hydrogen-bond acceptors (Lipinski definition) is 12. The molecule has 4 amide bonds. The van der Waals surface area contributed by atoms with Crippen molar-refractivity contribution in [3.8, 4) is 17.2 Å². The number of unbranched alkanes of at least 4 members (excludes halogenated alkanes) is 2. The van der Waals surface area contributed by atoms with Gasteiger partial charge in [0.25, 0.3) is 5.91 Å². The van der Waals surface area contributed by atoms with Crippen LogP contribution < -0.4 is 24.0 Å². The maximum atomic E-state index is 14.4. The van der Waals surface area contributed by atoms with Crippen molar-refractivity contribution in [3.05, 3.63) is 77.5 Å². The van der Waals surface area contributed by atoms with E-state index in [4.69, 9.17) is 25.8 Å². The fourth-order valence-corrected chi connectivity index (χ4v) is 11.6. The Morgan fingerprint density at radius 2 is 1.74 bits per heavy atom. The van der Waals surface area contributed by atoms with Gasteiger partial charge in [-0.2, -0.15) is 0 Å². The second kappa shape index (κ2) is 20.7. The van der Waals surface area contributed by atoms with E-state index in [1.807, 2.05) is 62.5 Å². The highest BCUT2D eigenvalue weighted by molar-refractivity contribution is 8.76. The first-order chi connectivity index (χ1) is 31.5. The Balaban J connectivity index is 0.979. The minimum absolute atomic E-state index is 0.00292. The summed E-state index contributed by atoms with van der Waals surface area (Å²) in [4.78, 5) is 67.1. The minimum Gasteiger partial charge on any atom is -0.493 e. The van der Waals surface area contributed by atoms with Crippen LogP contribution >= 0.6 is 33.2 Å². The SMILES string of the molecule is COc1c(CC(C)SSc2ccccn2)cc2c(c1OCCCCCC(=O)N1CC(CCl)c3c1cc(OC(=O)N1CCN(C)CC1)c1ccccc31)C(=O)N1CCCC1C(O)N2C(=O)O. The molecule has 0 radical (unpaired) electrons. The molecule has 2 fully saturated rings. The van der Waals surface area contributed by atoms with Crippen LogP contribution in [0.5, 0.6) is 17.2 Å². The lowest BCUT2D eigenvalue weighted by Gasteiger charge is -2.31. The third kappa shape index (κ3) is 9.80. The lowest BCUT2D eigenvalue weighted by atomic mass is 9.95. The fourth-order valence-electron chi connectivity index (χ4n) is 9.36. The van der Waals surface area contributed by atoms with Crippen LogP contribution in [0, 0.1) is 0 Å². The maximum Gasteiger partial charge on any atom is 0.415 e. The number of pyridine rings is 1. The molecule has 8 rings (SSSR count). The molecule has 4 unspecified atom stereocenters. The fraction of sp³-hybridized carbons (Fsp3) is 0.468. The number of carbonyl (C=O) groups excluding carboxylic acids is 3. The highest BCUT2D eigenvalue weighted by Gasteiger charge is 2.47. The molecule has 4 aromatic rings. The van der Waals surface area contributed by atoms with Gasteiger partial charge in [0.05, 0.1) is 31.1 Å². The van der Waals surface area contributed by atoms with Crippen LogP contribution in [0.1, 0.15) is 72.9 Å². The van der Waals surface area contributed by atoms with E-state index in [0.29, 0.717) is 93.3 Å². The Hall–Kier alpha value is -4.94. The van der Waals surface area contributed by atoms with Crippen LogP contribution in [-0.2, 0) is 11.2 Å². The molecule has 5 heterocycles. The highest BCUT2D eigenvalue weighted by atomic mass is 35.5. The van der Waals surface area contributed by atoms with Gasteiger partial charge in [-0.3, -0.25) is 9.59 Å². The largest absolute Gasteiger partial charge is 0.493 e. The van der Waals surface area contributed by atoms with Gasteiger partial charge < -0.3 is 44.0 Å². The monoisotopic (exact) mass is 946 g/mol. The van der Waals surface area contributed by atoms with Crippen molar-refractivity contribution in [3.63, 3.8) is 0 Å². The predicted octanol–water partition coefficient (Wildman–Crippen LogP) is 8.09. The average molecular weight is 948 g/mol. The van der Waals surface area contributed by atoms with Gasteiger partial charge in [0, 0.05) is 86.0 Å². The summed E-state index contributed by atoms with van der Waals surface area (Å²) in [6, 6.07) is 16.2. The normalized spacial score (nSPS) is 20.0. The van der Waals surface area contributed by atoms with Gasteiger partial charge in [0.1, 0.15) is 16.3 Å². The van der Waals surface area contributed by atoms with Crippen LogP contribution in [0.3, 0.4) is 0 Å². The molecule has 3 aromatic carbocycles. The summed E-state index contributed by atoms with van der Waals surface area (Å²) >= 11 is 6.54. The predicted molar refractivity (Wildman–Crippen MR) is 253 cm³/mol. The number of halogens is 1. The van der Waals surface area contributed by atoms with Gasteiger partial charge in [-0.1, -0.05) is 48.0 Å². The number of fused-ring (bicyclic) bond motifs is 5. The number of methoxy groups -OCH3 is 1.